The molecule has 4 aliphatic heterocycles. The first kappa shape index (κ1) is 32.7. The Morgan fingerprint density at radius 1 is 1.16 bits per heavy atom. The van der Waals surface area contributed by atoms with Crippen molar-refractivity contribution in [3.8, 4) is 17.1 Å². The van der Waals surface area contributed by atoms with Gasteiger partial charge in [0, 0.05) is 54.1 Å². The Kier molecular flexibility index (Phi) is 7.87. The van der Waals surface area contributed by atoms with E-state index < -0.39 is 52.3 Å². The van der Waals surface area contributed by atoms with Gasteiger partial charge in [0.25, 0.3) is 0 Å². The molecular formula is C33H34F7N7OS. The molecule has 2 aromatic carbocycles. The number of hydrogen-bond donors (Lipinski definition) is 2. The first-order valence-corrected chi connectivity index (χ1v) is 17.3. The number of thiazole rings is 1. The number of benzene rings is 2. The molecule has 0 amide bonds. The van der Waals surface area contributed by atoms with E-state index in [1.165, 1.54) is 6.92 Å². The second-order valence-corrected chi connectivity index (χ2v) is 14.8. The molecule has 0 spiro atoms. The molecule has 4 saturated heterocycles. The number of hydrogen-bond acceptors (Lipinski definition) is 9. The zero-order valence-electron chi connectivity index (χ0n) is 26.5. The van der Waals surface area contributed by atoms with Gasteiger partial charge in [0.15, 0.2) is 10.9 Å². The first-order valence-electron chi connectivity index (χ1n) is 16.5. The lowest BCUT2D eigenvalue weighted by Crippen LogP contribution is -2.44. The summed E-state index contributed by atoms with van der Waals surface area (Å²) in [4.78, 5) is 17.0. The van der Waals surface area contributed by atoms with Gasteiger partial charge in [-0.1, -0.05) is 11.3 Å². The Hall–Kier alpha value is -3.50. The summed E-state index contributed by atoms with van der Waals surface area (Å²) in [6, 6.07) is 2.05. The minimum Gasteiger partial charge on any atom is -0.461 e. The quantitative estimate of drug-likeness (QED) is 0.193. The van der Waals surface area contributed by atoms with Gasteiger partial charge in [0.05, 0.1) is 21.3 Å². The number of nitrogens with one attached hydrogen (secondary N) is 1. The third kappa shape index (κ3) is 5.44. The van der Waals surface area contributed by atoms with E-state index in [4.69, 9.17) is 10.5 Å². The number of alkyl halides is 5. The SMILES string of the molecule is CC(F)CNC1C[C@H]2CC[C@H]1N2c1nc(OC[C@@]23CCCN2C[C@H](F)C3)nc2c(F)c(-c3ccc(F)c4sc(N)nc34)c(C(F)(F)F)cc12. The van der Waals surface area contributed by atoms with Gasteiger partial charge in [-0.2, -0.15) is 23.1 Å². The average Bonchev–Trinajstić information content (AvgIpc) is 3.85. The molecule has 16 heteroatoms. The van der Waals surface area contributed by atoms with Gasteiger partial charge in [0.2, 0.25) is 0 Å². The van der Waals surface area contributed by atoms with E-state index >= 15 is 4.39 Å². The summed E-state index contributed by atoms with van der Waals surface area (Å²) in [5.41, 5.74) is 2.18. The molecule has 4 aliphatic rings. The number of fused-ring (bicyclic) bond motifs is 5. The fourth-order valence-electron chi connectivity index (χ4n) is 8.63. The maximum atomic E-state index is 17.0. The molecule has 2 unspecified atom stereocenters. The summed E-state index contributed by atoms with van der Waals surface area (Å²) in [7, 11) is 0. The highest BCUT2D eigenvalue weighted by atomic mass is 32.1. The van der Waals surface area contributed by atoms with Crippen molar-refractivity contribution in [3.05, 3.63) is 35.4 Å². The molecule has 0 saturated carbocycles. The smallest absolute Gasteiger partial charge is 0.417 e. The normalized spacial score (nSPS) is 27.6. The Bertz CT molecular complexity index is 1940. The van der Waals surface area contributed by atoms with Crippen LogP contribution in [-0.2, 0) is 6.18 Å². The highest BCUT2D eigenvalue weighted by molar-refractivity contribution is 7.22. The van der Waals surface area contributed by atoms with Crippen LogP contribution in [0.25, 0.3) is 32.2 Å². The standard InChI is InChI=1S/C33H34F7N7OS/c1-15(34)12-42-22-9-17-3-6-23(22)47(17)29-19-10-20(33(38,39)40)24(18-4-5-21(36)28-27(18)43-30(41)49-28)25(37)26(19)44-31(45-29)48-14-32-7-2-8-46(32)13-16(35)11-32/h4-5,10,15-17,22-23,42H,2-3,6-9,11-14H2,1H3,(H2,41,43)/t15?,16-,17-,22?,23-,32+/m1/s1. The van der Waals surface area contributed by atoms with Gasteiger partial charge in [-0.05, 0) is 63.8 Å². The van der Waals surface area contributed by atoms with E-state index in [2.05, 4.69) is 20.3 Å². The van der Waals surface area contributed by atoms with E-state index in [0.29, 0.717) is 25.8 Å². The topological polar surface area (TPSA) is 92.4 Å². The number of nitrogens with two attached hydrogens (primary N) is 1. The van der Waals surface area contributed by atoms with Crippen LogP contribution < -0.4 is 20.7 Å². The van der Waals surface area contributed by atoms with Crippen LogP contribution in [0.2, 0.25) is 0 Å². The lowest BCUT2D eigenvalue weighted by molar-refractivity contribution is -0.137. The average molecular weight is 710 g/mol. The summed E-state index contributed by atoms with van der Waals surface area (Å²) in [5.74, 6) is -1.96. The third-order valence-electron chi connectivity index (χ3n) is 10.7. The number of anilines is 2. The zero-order valence-corrected chi connectivity index (χ0v) is 27.3. The maximum Gasteiger partial charge on any atom is 0.417 e. The molecule has 3 N–H and O–H groups in total. The molecule has 2 aromatic heterocycles. The number of nitrogen functional groups attached to an aromatic ring is 1. The Morgan fingerprint density at radius 3 is 2.76 bits per heavy atom. The van der Waals surface area contributed by atoms with Crippen molar-refractivity contribution >= 4 is 43.4 Å². The summed E-state index contributed by atoms with van der Waals surface area (Å²) < 4.78 is 111. The molecular weight excluding hydrogens is 675 g/mol. The fourth-order valence-corrected chi connectivity index (χ4v) is 9.40. The molecule has 4 fully saturated rings. The van der Waals surface area contributed by atoms with Gasteiger partial charge in [-0.3, -0.25) is 4.90 Å². The van der Waals surface area contributed by atoms with Crippen molar-refractivity contribution < 1.29 is 35.5 Å². The van der Waals surface area contributed by atoms with E-state index in [1.54, 1.807) is 0 Å². The van der Waals surface area contributed by atoms with Crippen LogP contribution in [-0.4, -0.2) is 82.1 Å². The number of ether oxygens (including phenoxy) is 1. The number of nitrogens with zero attached hydrogens (tertiary/aromatic N) is 5. The van der Waals surface area contributed by atoms with Crippen LogP contribution in [0.15, 0.2) is 18.2 Å². The number of rotatable bonds is 8. The van der Waals surface area contributed by atoms with Crippen molar-refractivity contribution in [2.75, 3.05) is 36.9 Å². The largest absolute Gasteiger partial charge is 0.461 e. The van der Waals surface area contributed by atoms with Crippen LogP contribution in [0, 0.1) is 11.6 Å². The molecule has 8 nitrogen and oxygen atoms in total. The van der Waals surface area contributed by atoms with Crippen molar-refractivity contribution in [2.24, 2.45) is 0 Å². The van der Waals surface area contributed by atoms with Crippen LogP contribution in [0.1, 0.15) is 51.0 Å². The molecule has 2 bridgehead atoms. The van der Waals surface area contributed by atoms with Crippen LogP contribution in [0.5, 0.6) is 6.01 Å². The summed E-state index contributed by atoms with van der Waals surface area (Å²) in [6.45, 7) is 2.56. The second-order valence-electron chi connectivity index (χ2n) is 13.8. The number of aromatic nitrogens is 3. The molecule has 0 radical (unpaired) electrons. The summed E-state index contributed by atoms with van der Waals surface area (Å²) in [6.07, 6.45) is -3.38. The Balaban J connectivity index is 1.31. The Morgan fingerprint density at radius 2 is 1.98 bits per heavy atom. The molecule has 49 heavy (non-hydrogen) atoms. The van der Waals surface area contributed by atoms with E-state index in [1.807, 2.05) is 9.80 Å². The molecule has 0 aliphatic carbocycles. The Labute approximate surface area is 280 Å². The minimum atomic E-state index is -5.04. The highest BCUT2D eigenvalue weighted by Gasteiger charge is 2.50. The van der Waals surface area contributed by atoms with Gasteiger partial charge in [0.1, 0.15) is 36.1 Å². The van der Waals surface area contributed by atoms with Gasteiger partial charge < -0.3 is 20.7 Å². The lowest BCUT2D eigenvalue weighted by Gasteiger charge is -2.31. The molecule has 6 atom stereocenters. The lowest BCUT2D eigenvalue weighted by atomic mass is 9.95. The van der Waals surface area contributed by atoms with Gasteiger partial charge >= 0.3 is 12.2 Å². The predicted octanol–water partition coefficient (Wildman–Crippen LogP) is 6.80. The maximum absolute atomic E-state index is 17.0. The first-order chi connectivity index (χ1) is 23.3. The van der Waals surface area contributed by atoms with Crippen LogP contribution in [0.4, 0.5) is 41.7 Å². The number of halogens is 7. The fraction of sp³-hybridized carbons (Fsp3) is 0.545. The second kappa shape index (κ2) is 11.8. The molecule has 8 rings (SSSR count). The highest BCUT2D eigenvalue weighted by Crippen LogP contribution is 2.49. The third-order valence-corrected chi connectivity index (χ3v) is 11.5. The van der Waals surface area contributed by atoms with Crippen LogP contribution >= 0.6 is 11.3 Å². The summed E-state index contributed by atoms with van der Waals surface area (Å²) >= 11 is 0.747. The molecule has 262 valence electrons. The van der Waals surface area contributed by atoms with E-state index in [0.717, 1.165) is 42.4 Å². The van der Waals surface area contributed by atoms with Crippen molar-refractivity contribution in [1.82, 2.24) is 25.2 Å². The van der Waals surface area contributed by atoms with E-state index in [9.17, 15) is 26.3 Å². The van der Waals surface area contributed by atoms with E-state index in [-0.39, 0.29) is 82.4 Å². The van der Waals surface area contributed by atoms with Gasteiger partial charge in [-0.25, -0.2) is 22.5 Å². The van der Waals surface area contributed by atoms with Crippen LogP contribution in [0.3, 0.4) is 0 Å². The summed E-state index contributed by atoms with van der Waals surface area (Å²) in [5, 5.41) is 2.98. The zero-order chi connectivity index (χ0) is 34.4. The van der Waals surface area contributed by atoms with Crippen molar-refractivity contribution in [2.45, 2.75) is 87.6 Å². The molecule has 4 aromatic rings. The monoisotopic (exact) mass is 709 g/mol. The van der Waals surface area contributed by atoms with Crippen molar-refractivity contribution in [1.29, 1.82) is 0 Å². The molecule has 6 heterocycles. The van der Waals surface area contributed by atoms with Crippen molar-refractivity contribution in [3.63, 3.8) is 0 Å². The van der Waals surface area contributed by atoms with Gasteiger partial charge in [-0.15, -0.1) is 0 Å². The minimum absolute atomic E-state index is 0.0234. The predicted molar refractivity (Wildman–Crippen MR) is 172 cm³/mol.